The first-order chi connectivity index (χ1) is 22.7. The number of benzene rings is 3. The minimum Gasteiger partial charge on any atom is -0.481 e. The van der Waals surface area contributed by atoms with Crippen LogP contribution in [-0.4, -0.2) is 62.8 Å². The fraction of sp³-hybridized carbons (Fsp3) is 0.412. The molecule has 0 radical (unpaired) electrons. The van der Waals surface area contributed by atoms with Crippen molar-refractivity contribution in [3.63, 3.8) is 0 Å². The number of hydrogen-bond acceptors (Lipinski definition) is 4. The van der Waals surface area contributed by atoms with Crippen LogP contribution in [0.4, 0.5) is 23.2 Å². The summed E-state index contributed by atoms with van der Waals surface area (Å²) in [5.41, 5.74) is 0.837. The predicted octanol–water partition coefficient (Wildman–Crippen LogP) is 8.24. The van der Waals surface area contributed by atoms with Crippen LogP contribution in [0.3, 0.4) is 0 Å². The molecule has 14 heteroatoms. The first-order valence-corrected chi connectivity index (χ1v) is 17.3. The Bertz CT molecular complexity index is 1540. The molecule has 1 aliphatic heterocycles. The lowest BCUT2D eigenvalue weighted by atomic mass is 9.97. The SMILES string of the molecule is CC(=O)O.Clc1ccccc1.O=C1C(CC(F)(F)F)OCC(c2ccc(Cl)cc2)N1C(CN(c1ccccc1F)S(=O)C1CC1)C1CC1. The van der Waals surface area contributed by atoms with Crippen LogP contribution in [0.15, 0.2) is 78.9 Å². The highest BCUT2D eigenvalue weighted by Gasteiger charge is 2.50. The molecular weight excluding hydrogens is 695 g/mol. The molecular formula is C34H36Cl2F4N2O5S. The fourth-order valence-corrected chi connectivity index (χ4v) is 7.09. The number of alkyl halides is 3. The number of nitrogens with zero attached hydrogens (tertiary/aromatic N) is 2. The Morgan fingerprint density at radius 3 is 2.04 bits per heavy atom. The van der Waals surface area contributed by atoms with Crippen LogP contribution in [0.5, 0.6) is 0 Å². The summed E-state index contributed by atoms with van der Waals surface area (Å²) in [5, 5.41) is 8.59. The molecule has 0 spiro atoms. The van der Waals surface area contributed by atoms with Crippen LogP contribution >= 0.6 is 23.2 Å². The second-order valence-corrected chi connectivity index (χ2v) is 14.2. The molecule has 4 atom stereocenters. The molecule has 2 saturated carbocycles. The van der Waals surface area contributed by atoms with E-state index >= 15 is 0 Å². The van der Waals surface area contributed by atoms with Crippen LogP contribution in [0.25, 0.3) is 0 Å². The third-order valence-corrected chi connectivity index (χ3v) is 10.1. The van der Waals surface area contributed by atoms with Crippen molar-refractivity contribution >= 4 is 51.8 Å². The number of anilines is 1. The predicted molar refractivity (Wildman–Crippen MR) is 178 cm³/mol. The van der Waals surface area contributed by atoms with Crippen LogP contribution in [0.2, 0.25) is 10.0 Å². The maximum atomic E-state index is 14.9. The molecule has 1 amide bonds. The van der Waals surface area contributed by atoms with E-state index in [1.54, 1.807) is 42.5 Å². The molecule has 3 aromatic rings. The van der Waals surface area contributed by atoms with Gasteiger partial charge in [0.1, 0.15) is 22.9 Å². The lowest BCUT2D eigenvalue weighted by Crippen LogP contribution is -2.58. The van der Waals surface area contributed by atoms with E-state index in [0.717, 1.165) is 37.6 Å². The number of halogens is 6. The third-order valence-electron chi connectivity index (χ3n) is 7.75. The summed E-state index contributed by atoms with van der Waals surface area (Å²) in [6.45, 7) is 1.01. The number of carbonyl (C=O) groups is 2. The van der Waals surface area contributed by atoms with Gasteiger partial charge in [-0.25, -0.2) is 8.60 Å². The van der Waals surface area contributed by atoms with E-state index in [1.807, 2.05) is 30.3 Å². The number of aliphatic carboxylic acids is 1. The van der Waals surface area contributed by atoms with Crippen molar-refractivity contribution in [3.8, 4) is 0 Å². The third kappa shape index (κ3) is 11.2. The highest BCUT2D eigenvalue weighted by Crippen LogP contribution is 2.43. The molecule has 0 aromatic heterocycles. The monoisotopic (exact) mass is 730 g/mol. The molecule has 2 aliphatic carbocycles. The van der Waals surface area contributed by atoms with Crippen LogP contribution in [0, 0.1) is 11.7 Å². The first kappa shape index (κ1) is 37.6. The molecule has 1 heterocycles. The van der Waals surface area contributed by atoms with Crippen molar-refractivity contribution in [1.82, 2.24) is 4.90 Å². The normalized spacial score (nSPS) is 20.4. The Labute approximate surface area is 289 Å². The average Bonchev–Trinajstić information content (AvgIpc) is 3.94. The summed E-state index contributed by atoms with van der Waals surface area (Å²) in [7, 11) is -1.54. The van der Waals surface area contributed by atoms with E-state index in [-0.39, 0.29) is 30.0 Å². The number of amides is 1. The minimum absolute atomic E-state index is 0.00568. The van der Waals surface area contributed by atoms with Crippen LogP contribution in [0.1, 0.15) is 50.6 Å². The molecule has 1 saturated heterocycles. The molecule has 48 heavy (non-hydrogen) atoms. The van der Waals surface area contributed by atoms with Crippen molar-refractivity contribution in [3.05, 3.63) is 100 Å². The van der Waals surface area contributed by atoms with Gasteiger partial charge in [-0.1, -0.05) is 65.7 Å². The summed E-state index contributed by atoms with van der Waals surface area (Å²) in [5.74, 6) is -2.14. The largest absolute Gasteiger partial charge is 0.481 e. The maximum Gasteiger partial charge on any atom is 0.392 e. The Kier molecular flexibility index (Phi) is 13.3. The number of para-hydroxylation sites is 1. The molecule has 260 valence electrons. The van der Waals surface area contributed by atoms with E-state index in [2.05, 4.69) is 0 Å². The number of carbonyl (C=O) groups excluding carboxylic acids is 1. The van der Waals surface area contributed by atoms with Gasteiger partial charge in [-0.05, 0) is 73.6 Å². The number of morpholine rings is 1. The van der Waals surface area contributed by atoms with Crippen molar-refractivity contribution in [2.24, 2.45) is 5.92 Å². The Morgan fingerprint density at radius 2 is 1.54 bits per heavy atom. The highest BCUT2D eigenvalue weighted by molar-refractivity contribution is 7.87. The Hall–Kier alpha value is -3.19. The topological polar surface area (TPSA) is 87.1 Å². The number of carboxylic acids is 1. The number of ether oxygens (including phenoxy) is 1. The number of hydrogen-bond donors (Lipinski definition) is 1. The Balaban J connectivity index is 0.000000405. The molecule has 3 aromatic carbocycles. The van der Waals surface area contributed by atoms with Crippen LogP contribution in [-0.2, 0) is 25.3 Å². The average molecular weight is 732 g/mol. The highest BCUT2D eigenvalue weighted by atomic mass is 35.5. The zero-order valence-corrected chi connectivity index (χ0v) is 28.3. The summed E-state index contributed by atoms with van der Waals surface area (Å²) in [6, 6.07) is 21.0. The quantitative estimate of drug-likeness (QED) is 0.224. The summed E-state index contributed by atoms with van der Waals surface area (Å²) < 4.78 is 75.2. The Morgan fingerprint density at radius 1 is 0.979 bits per heavy atom. The molecule has 7 nitrogen and oxygen atoms in total. The van der Waals surface area contributed by atoms with E-state index < -0.39 is 59.5 Å². The van der Waals surface area contributed by atoms with E-state index in [1.165, 1.54) is 15.3 Å². The van der Waals surface area contributed by atoms with E-state index in [4.69, 9.17) is 37.8 Å². The zero-order chi connectivity index (χ0) is 35.0. The van der Waals surface area contributed by atoms with Crippen molar-refractivity contribution in [1.29, 1.82) is 0 Å². The zero-order valence-electron chi connectivity index (χ0n) is 26.0. The maximum absolute atomic E-state index is 14.9. The van der Waals surface area contributed by atoms with E-state index in [0.29, 0.717) is 10.6 Å². The fourth-order valence-electron chi connectivity index (χ4n) is 5.27. The molecule has 3 aliphatic rings. The second-order valence-electron chi connectivity index (χ2n) is 11.7. The number of rotatable bonds is 9. The van der Waals surface area contributed by atoms with Gasteiger partial charge >= 0.3 is 6.18 Å². The number of carboxylic acid groups (broad SMARTS) is 1. The van der Waals surface area contributed by atoms with Crippen molar-refractivity contribution in [2.45, 2.75) is 68.6 Å². The van der Waals surface area contributed by atoms with Gasteiger partial charge in [0.25, 0.3) is 11.9 Å². The molecule has 4 unspecified atom stereocenters. The van der Waals surface area contributed by atoms with E-state index in [9.17, 15) is 26.6 Å². The molecule has 0 bridgehead atoms. The van der Waals surface area contributed by atoms with Gasteiger partial charge in [0.05, 0.1) is 42.6 Å². The van der Waals surface area contributed by atoms with Gasteiger partial charge in [0.15, 0.2) is 0 Å². The molecule has 6 rings (SSSR count). The second kappa shape index (κ2) is 17.0. The first-order valence-electron chi connectivity index (χ1n) is 15.3. The standard InChI is InChI=1S/C26H27ClF4N2O3S.C6H5Cl.C2H4O2/c27-18-9-7-17(8-10-18)23-15-36-24(13-26(29,30)31)25(34)33(23)22(16-5-6-16)14-32(37(35)19-11-12-19)21-4-2-1-3-20(21)28;7-6-4-2-1-3-5-6;1-2(3)4/h1-4,7-10,16,19,22-24H,5-6,11-15H2;1-5H;1H3,(H,3,4). The summed E-state index contributed by atoms with van der Waals surface area (Å²) in [4.78, 5) is 24.1. The molecule has 1 N–H and O–H groups in total. The summed E-state index contributed by atoms with van der Waals surface area (Å²) >= 11 is 11.6. The van der Waals surface area contributed by atoms with Crippen LogP contribution < -0.4 is 4.31 Å². The van der Waals surface area contributed by atoms with Gasteiger partial charge in [0.2, 0.25) is 0 Å². The van der Waals surface area contributed by atoms with Gasteiger partial charge in [0, 0.05) is 17.0 Å². The van der Waals surface area contributed by atoms with Gasteiger partial charge in [-0.3, -0.25) is 13.9 Å². The minimum atomic E-state index is -4.58. The lowest BCUT2D eigenvalue weighted by molar-refractivity contribution is -0.192. The summed E-state index contributed by atoms with van der Waals surface area (Å²) in [6.07, 6.45) is -4.59. The van der Waals surface area contributed by atoms with Crippen molar-refractivity contribution < 1.29 is 41.2 Å². The van der Waals surface area contributed by atoms with Gasteiger partial charge < -0.3 is 14.7 Å². The van der Waals surface area contributed by atoms with Crippen molar-refractivity contribution in [2.75, 3.05) is 17.5 Å². The van der Waals surface area contributed by atoms with Gasteiger partial charge in [-0.15, -0.1) is 0 Å². The smallest absolute Gasteiger partial charge is 0.392 e. The molecule has 3 fully saturated rings. The lowest BCUT2D eigenvalue weighted by Gasteiger charge is -2.45. The van der Waals surface area contributed by atoms with Gasteiger partial charge in [-0.2, -0.15) is 13.2 Å².